The molecule has 5 aliphatic heterocycles. The number of fused-ring (bicyclic) bond motifs is 4. The van der Waals surface area contributed by atoms with Crippen molar-refractivity contribution in [1.82, 2.24) is 10.0 Å². The standard InChI is InChI=1S/C45H69N9/c1-7-10-13-16-19-34(4)46-37-22-24-38(25-23-37)47-43-49-44-51(35(5)20-17-14-11-8-2)41-30-26-39(27-31-41)48-45-52(43)50-40-28-32-42(33-29-40)53(54(44)45)36(6)21-18-15-12-9-3/h22-36,43,45-48,50H,7-21H2,1-6H3. The number of aliphatic imine (C=N–C) groups is 1. The van der Waals surface area contributed by atoms with Gasteiger partial charge >= 0.3 is 0 Å². The number of hydrogen-bond donors (Lipinski definition) is 4. The highest BCUT2D eigenvalue weighted by atomic mass is 15.8. The maximum absolute atomic E-state index is 5.73. The van der Waals surface area contributed by atoms with E-state index in [2.05, 4.69) is 156 Å². The maximum Gasteiger partial charge on any atom is 0.227 e. The highest BCUT2D eigenvalue weighted by molar-refractivity contribution is 5.99. The van der Waals surface area contributed by atoms with Crippen LogP contribution in [0.5, 0.6) is 0 Å². The lowest BCUT2D eigenvalue weighted by Crippen LogP contribution is -2.72. The molecule has 8 rings (SSSR count). The summed E-state index contributed by atoms with van der Waals surface area (Å²) in [5, 5.41) is 18.8. The van der Waals surface area contributed by atoms with Crippen molar-refractivity contribution in [3.8, 4) is 0 Å². The number of nitrogens with zero attached hydrogens (tertiary/aromatic N) is 5. The van der Waals surface area contributed by atoms with Gasteiger partial charge in [0.1, 0.15) is 0 Å². The van der Waals surface area contributed by atoms with Crippen LogP contribution < -0.4 is 31.3 Å². The van der Waals surface area contributed by atoms with E-state index in [1.165, 1.54) is 94.8 Å². The van der Waals surface area contributed by atoms with Crippen LogP contribution in [0.1, 0.15) is 138 Å². The van der Waals surface area contributed by atoms with Crippen LogP contribution in [0.25, 0.3) is 0 Å². The van der Waals surface area contributed by atoms with Gasteiger partial charge in [-0.2, -0.15) is 0 Å². The first-order valence-electron chi connectivity index (χ1n) is 21.5. The molecular formula is C45H69N9. The second-order valence-corrected chi connectivity index (χ2v) is 16.0. The van der Waals surface area contributed by atoms with Gasteiger partial charge in [0.15, 0.2) is 12.6 Å². The van der Waals surface area contributed by atoms with Crippen molar-refractivity contribution < 1.29 is 0 Å². The van der Waals surface area contributed by atoms with Crippen molar-refractivity contribution in [2.24, 2.45) is 4.99 Å². The monoisotopic (exact) mass is 736 g/mol. The van der Waals surface area contributed by atoms with E-state index in [4.69, 9.17) is 4.99 Å². The molecule has 9 nitrogen and oxygen atoms in total. The Labute approximate surface area is 326 Å². The lowest BCUT2D eigenvalue weighted by atomic mass is 10.1. The molecule has 4 N–H and O–H groups in total. The number of benzene rings is 3. The van der Waals surface area contributed by atoms with Gasteiger partial charge in [0.25, 0.3) is 0 Å². The molecule has 5 aliphatic rings. The quantitative estimate of drug-likeness (QED) is 0.0806. The largest absolute Gasteiger partial charge is 0.383 e. The second kappa shape index (κ2) is 19.5. The first-order chi connectivity index (χ1) is 26.4. The Kier molecular flexibility index (Phi) is 14.3. The van der Waals surface area contributed by atoms with E-state index in [1.54, 1.807) is 0 Å². The van der Waals surface area contributed by atoms with Gasteiger partial charge in [-0.25, -0.2) is 10.0 Å². The Morgan fingerprint density at radius 3 is 1.80 bits per heavy atom. The van der Waals surface area contributed by atoms with E-state index < -0.39 is 6.29 Å². The summed E-state index contributed by atoms with van der Waals surface area (Å²) in [6.07, 6.45) is 17.8. The van der Waals surface area contributed by atoms with Crippen LogP contribution in [-0.4, -0.2) is 46.7 Å². The average Bonchev–Trinajstić information content (AvgIpc) is 3.30. The number of nitrogens with one attached hydrogen (secondary N) is 4. The zero-order valence-electron chi connectivity index (χ0n) is 34.2. The summed E-state index contributed by atoms with van der Waals surface area (Å²) in [4.78, 5) is 8.25. The molecule has 8 bridgehead atoms. The number of guanidine groups is 1. The van der Waals surface area contributed by atoms with E-state index in [1.807, 2.05) is 0 Å². The van der Waals surface area contributed by atoms with Gasteiger partial charge < -0.3 is 26.3 Å². The molecular weight excluding hydrogens is 667 g/mol. The molecule has 3 aromatic rings. The summed E-state index contributed by atoms with van der Waals surface area (Å²) < 4.78 is 0. The predicted molar refractivity (Wildman–Crippen MR) is 232 cm³/mol. The van der Waals surface area contributed by atoms with Gasteiger partial charge in [0.2, 0.25) is 5.96 Å². The lowest BCUT2D eigenvalue weighted by molar-refractivity contribution is 0.0735. The summed E-state index contributed by atoms with van der Waals surface area (Å²) in [7, 11) is 0. The smallest absolute Gasteiger partial charge is 0.227 e. The second-order valence-electron chi connectivity index (χ2n) is 16.0. The molecule has 0 spiro atoms. The molecule has 6 unspecified atom stereocenters. The molecule has 9 heteroatoms. The Balaban J connectivity index is 1.38. The van der Waals surface area contributed by atoms with Crippen LogP contribution in [0.15, 0.2) is 77.8 Å². The molecule has 0 amide bonds. The van der Waals surface area contributed by atoms with E-state index in [-0.39, 0.29) is 18.4 Å². The molecule has 0 radical (unpaired) electrons. The highest BCUT2D eigenvalue weighted by Gasteiger charge is 2.46. The fraction of sp³-hybridized carbons (Fsp3) is 0.578. The van der Waals surface area contributed by atoms with E-state index in [0.29, 0.717) is 6.04 Å². The molecule has 54 heavy (non-hydrogen) atoms. The lowest BCUT2D eigenvalue weighted by Gasteiger charge is -2.54. The Morgan fingerprint density at radius 2 is 1.17 bits per heavy atom. The van der Waals surface area contributed by atoms with E-state index in [0.717, 1.165) is 41.6 Å². The van der Waals surface area contributed by atoms with Crippen molar-refractivity contribution in [3.63, 3.8) is 0 Å². The minimum atomic E-state index is -0.406. The molecule has 0 aliphatic carbocycles. The van der Waals surface area contributed by atoms with Gasteiger partial charge in [0, 0.05) is 46.6 Å². The third-order valence-corrected chi connectivity index (χ3v) is 11.4. The molecule has 0 fully saturated rings. The first-order valence-corrected chi connectivity index (χ1v) is 21.5. The number of unbranched alkanes of at least 4 members (excludes halogenated alkanes) is 9. The normalized spacial score (nSPS) is 20.3. The van der Waals surface area contributed by atoms with Gasteiger partial charge in [-0.1, -0.05) is 97.8 Å². The first kappa shape index (κ1) is 39.6. The number of hydrogen-bond acceptors (Lipinski definition) is 9. The maximum atomic E-state index is 5.73. The summed E-state index contributed by atoms with van der Waals surface area (Å²) >= 11 is 0. The summed E-state index contributed by atoms with van der Waals surface area (Å²) in [6.45, 7) is 13.9. The van der Waals surface area contributed by atoms with Crippen molar-refractivity contribution >= 4 is 40.1 Å². The fourth-order valence-electron chi connectivity index (χ4n) is 8.23. The number of hydrazine groups is 2. The van der Waals surface area contributed by atoms with Crippen molar-refractivity contribution in [3.05, 3.63) is 72.8 Å². The number of anilines is 6. The minimum Gasteiger partial charge on any atom is -0.383 e. The zero-order chi connectivity index (χ0) is 37.9. The topological polar surface area (TPSA) is 73.4 Å². The van der Waals surface area contributed by atoms with E-state index in [9.17, 15) is 0 Å². The van der Waals surface area contributed by atoms with Gasteiger partial charge in [-0.3, -0.25) is 5.01 Å². The SMILES string of the molecule is CCCCCCC(C)Nc1ccc(NC2N=C3N(C(C)CCCCCC)c4ccc(cc4)NC4N2Nc2ccc(cc2)N(C(C)CCCCCC)N34)cc1. The van der Waals surface area contributed by atoms with Crippen LogP contribution in [0.2, 0.25) is 0 Å². The third kappa shape index (κ3) is 9.76. The van der Waals surface area contributed by atoms with Crippen LogP contribution in [-0.2, 0) is 0 Å². The van der Waals surface area contributed by atoms with Crippen molar-refractivity contribution in [1.29, 1.82) is 0 Å². The van der Waals surface area contributed by atoms with E-state index >= 15 is 0 Å². The molecule has 0 saturated heterocycles. The molecule has 5 heterocycles. The van der Waals surface area contributed by atoms with Gasteiger partial charge in [-0.15, -0.1) is 5.01 Å². The average molecular weight is 736 g/mol. The van der Waals surface area contributed by atoms with Crippen molar-refractivity contribution in [2.75, 3.05) is 31.3 Å². The summed E-state index contributed by atoms with van der Waals surface area (Å²) in [5.41, 5.74) is 10.5. The number of rotatable bonds is 21. The Morgan fingerprint density at radius 1 is 0.611 bits per heavy atom. The predicted octanol–water partition coefficient (Wildman–Crippen LogP) is 11.8. The highest BCUT2D eigenvalue weighted by Crippen LogP contribution is 2.37. The minimum absolute atomic E-state index is 0.246. The Bertz CT molecular complexity index is 1570. The molecule has 294 valence electrons. The van der Waals surface area contributed by atoms with Gasteiger partial charge in [-0.05, 0) is 113 Å². The van der Waals surface area contributed by atoms with Crippen LogP contribution in [0.3, 0.4) is 0 Å². The fourth-order valence-corrected chi connectivity index (χ4v) is 8.23. The molecule has 0 aromatic heterocycles. The van der Waals surface area contributed by atoms with Crippen LogP contribution >= 0.6 is 0 Å². The third-order valence-electron chi connectivity index (χ3n) is 11.4. The molecule has 6 atom stereocenters. The summed E-state index contributed by atoms with van der Waals surface area (Å²) in [6, 6.07) is 27.7. The molecule has 3 aromatic carbocycles. The van der Waals surface area contributed by atoms with Crippen LogP contribution in [0.4, 0.5) is 34.1 Å². The van der Waals surface area contributed by atoms with Gasteiger partial charge in [0.05, 0.1) is 5.69 Å². The molecule has 0 saturated carbocycles. The zero-order valence-corrected chi connectivity index (χ0v) is 34.2. The van der Waals surface area contributed by atoms with Crippen molar-refractivity contribution in [2.45, 2.75) is 169 Å². The van der Waals surface area contributed by atoms with Crippen LogP contribution in [0, 0.1) is 0 Å². The summed E-state index contributed by atoms with van der Waals surface area (Å²) in [5.74, 6) is 0.957. The Hall–Kier alpha value is -4.11.